The third-order valence-electron chi connectivity index (χ3n) is 4.56. The van der Waals surface area contributed by atoms with Gasteiger partial charge in [-0.15, -0.1) is 0 Å². The van der Waals surface area contributed by atoms with Crippen molar-refractivity contribution in [3.8, 4) is 0 Å². The quantitative estimate of drug-likeness (QED) is 0.607. The predicted octanol–water partition coefficient (Wildman–Crippen LogP) is 2.94. The minimum Gasteiger partial charge on any atom is -0.449 e. The van der Waals surface area contributed by atoms with Gasteiger partial charge in [0.15, 0.2) is 6.10 Å². The summed E-state index contributed by atoms with van der Waals surface area (Å²) in [6.07, 6.45) is -0.935. The van der Waals surface area contributed by atoms with E-state index in [-0.39, 0.29) is 29.8 Å². The molecule has 30 heavy (non-hydrogen) atoms. The molecule has 7 nitrogen and oxygen atoms in total. The number of amides is 3. The minimum absolute atomic E-state index is 0.103. The Balaban J connectivity index is 1.63. The molecule has 2 aromatic carbocycles. The summed E-state index contributed by atoms with van der Waals surface area (Å²) in [5, 5.41) is 2.76. The van der Waals surface area contributed by atoms with E-state index >= 15 is 0 Å². The fourth-order valence-electron chi connectivity index (χ4n) is 3.06. The Labute approximate surface area is 175 Å². The van der Waals surface area contributed by atoms with Gasteiger partial charge in [-0.25, -0.2) is 4.79 Å². The van der Waals surface area contributed by atoms with Crippen molar-refractivity contribution in [1.29, 1.82) is 0 Å². The topological polar surface area (TPSA) is 92.8 Å². The van der Waals surface area contributed by atoms with Gasteiger partial charge in [0.25, 0.3) is 17.7 Å². The molecule has 0 aromatic heterocycles. The van der Waals surface area contributed by atoms with E-state index in [1.54, 1.807) is 48.5 Å². The number of carbonyl (C=O) groups is 4. The van der Waals surface area contributed by atoms with Crippen LogP contribution in [0.5, 0.6) is 0 Å². The van der Waals surface area contributed by atoms with Crippen molar-refractivity contribution in [2.24, 2.45) is 0 Å². The maximum absolute atomic E-state index is 12.5. The standard InChI is InChI=1S/C23H24N2O5/c1-14(19(26)24-23(2,3)4)30-22(29)16-11-9-15(10-12-16)13-25-20(27)17-7-5-6-8-18(17)21(25)28/h5-12,14H,13H2,1-4H3,(H,24,26). The second kappa shape index (κ2) is 8.10. The van der Waals surface area contributed by atoms with E-state index in [0.717, 1.165) is 0 Å². The van der Waals surface area contributed by atoms with Crippen LogP contribution in [0, 0.1) is 0 Å². The van der Waals surface area contributed by atoms with Gasteiger partial charge >= 0.3 is 5.97 Å². The molecule has 3 rings (SSSR count). The molecule has 0 saturated carbocycles. The number of hydrogen-bond acceptors (Lipinski definition) is 5. The fraction of sp³-hybridized carbons (Fsp3) is 0.304. The van der Waals surface area contributed by atoms with E-state index in [2.05, 4.69) is 5.32 Å². The second-order valence-electron chi connectivity index (χ2n) is 8.23. The van der Waals surface area contributed by atoms with Crippen LogP contribution < -0.4 is 5.32 Å². The first-order chi connectivity index (χ1) is 14.1. The van der Waals surface area contributed by atoms with Crippen molar-refractivity contribution in [2.45, 2.75) is 45.9 Å². The van der Waals surface area contributed by atoms with Crippen LogP contribution in [0.2, 0.25) is 0 Å². The van der Waals surface area contributed by atoms with Gasteiger partial charge in [0.2, 0.25) is 0 Å². The molecule has 1 aliphatic rings. The summed E-state index contributed by atoms with van der Waals surface area (Å²) in [5.41, 5.74) is 1.33. The van der Waals surface area contributed by atoms with E-state index in [4.69, 9.17) is 4.74 Å². The second-order valence-corrected chi connectivity index (χ2v) is 8.23. The number of hydrogen-bond donors (Lipinski definition) is 1. The molecule has 0 saturated heterocycles. The maximum atomic E-state index is 12.5. The van der Waals surface area contributed by atoms with Crippen LogP contribution in [-0.2, 0) is 16.1 Å². The number of ether oxygens (including phenoxy) is 1. The van der Waals surface area contributed by atoms with Gasteiger partial charge in [0.05, 0.1) is 23.2 Å². The van der Waals surface area contributed by atoms with Gasteiger partial charge in [0, 0.05) is 5.54 Å². The lowest BCUT2D eigenvalue weighted by Gasteiger charge is -2.23. The zero-order valence-corrected chi connectivity index (χ0v) is 17.4. The van der Waals surface area contributed by atoms with Crippen molar-refractivity contribution >= 4 is 23.7 Å². The Morgan fingerprint density at radius 2 is 1.50 bits per heavy atom. The predicted molar refractivity (Wildman–Crippen MR) is 110 cm³/mol. The van der Waals surface area contributed by atoms with Gasteiger partial charge in [-0.2, -0.15) is 0 Å². The van der Waals surface area contributed by atoms with Crippen LogP contribution in [0.25, 0.3) is 0 Å². The molecule has 0 spiro atoms. The van der Waals surface area contributed by atoms with Crippen molar-refractivity contribution in [3.63, 3.8) is 0 Å². The summed E-state index contributed by atoms with van der Waals surface area (Å²) < 4.78 is 5.22. The summed E-state index contributed by atoms with van der Waals surface area (Å²) in [4.78, 5) is 50.5. The van der Waals surface area contributed by atoms with E-state index < -0.39 is 17.6 Å². The molecule has 0 bridgehead atoms. The maximum Gasteiger partial charge on any atom is 0.338 e. The Kier molecular flexibility index (Phi) is 5.73. The van der Waals surface area contributed by atoms with Crippen molar-refractivity contribution < 1.29 is 23.9 Å². The first-order valence-electron chi connectivity index (χ1n) is 9.64. The van der Waals surface area contributed by atoms with Crippen molar-refractivity contribution in [2.75, 3.05) is 0 Å². The third-order valence-corrected chi connectivity index (χ3v) is 4.56. The molecule has 2 aromatic rings. The van der Waals surface area contributed by atoms with E-state index in [9.17, 15) is 19.2 Å². The first kappa shape index (κ1) is 21.2. The zero-order valence-electron chi connectivity index (χ0n) is 17.4. The Hall–Kier alpha value is -3.48. The van der Waals surface area contributed by atoms with E-state index in [0.29, 0.717) is 16.7 Å². The lowest BCUT2D eigenvalue weighted by Crippen LogP contribution is -2.46. The highest BCUT2D eigenvalue weighted by molar-refractivity contribution is 6.21. The van der Waals surface area contributed by atoms with Crippen LogP contribution >= 0.6 is 0 Å². The van der Waals surface area contributed by atoms with Crippen LogP contribution in [0.15, 0.2) is 48.5 Å². The molecule has 0 radical (unpaired) electrons. The number of esters is 1. The molecule has 1 unspecified atom stereocenters. The number of carbonyl (C=O) groups excluding carboxylic acids is 4. The fourth-order valence-corrected chi connectivity index (χ4v) is 3.06. The number of nitrogens with one attached hydrogen (secondary N) is 1. The van der Waals surface area contributed by atoms with E-state index in [1.807, 2.05) is 20.8 Å². The first-order valence-corrected chi connectivity index (χ1v) is 9.64. The van der Waals surface area contributed by atoms with Gasteiger partial charge < -0.3 is 10.1 Å². The molecule has 1 N–H and O–H groups in total. The number of fused-ring (bicyclic) bond motifs is 1. The molecule has 3 amide bonds. The molecule has 1 heterocycles. The Morgan fingerprint density at radius 3 is 2.00 bits per heavy atom. The molecule has 1 aliphatic heterocycles. The normalized spacial score (nSPS) is 14.3. The van der Waals surface area contributed by atoms with Gasteiger partial charge in [0.1, 0.15) is 0 Å². The molecule has 1 atom stereocenters. The Bertz CT molecular complexity index is 970. The summed E-state index contributed by atoms with van der Waals surface area (Å²) in [7, 11) is 0. The van der Waals surface area contributed by atoms with Crippen LogP contribution in [-0.4, -0.2) is 40.2 Å². The number of imide groups is 1. The largest absolute Gasteiger partial charge is 0.449 e. The molecule has 0 fully saturated rings. The smallest absolute Gasteiger partial charge is 0.338 e. The van der Waals surface area contributed by atoms with Crippen molar-refractivity contribution in [1.82, 2.24) is 10.2 Å². The average molecular weight is 408 g/mol. The monoisotopic (exact) mass is 408 g/mol. The SMILES string of the molecule is CC(OC(=O)c1ccc(CN2C(=O)c3ccccc3C2=O)cc1)C(=O)NC(C)(C)C. The molecular formula is C23H24N2O5. The summed E-state index contributed by atoms with van der Waals surface area (Å²) >= 11 is 0. The third kappa shape index (κ3) is 4.56. The average Bonchev–Trinajstić information content (AvgIpc) is 2.92. The number of benzene rings is 2. The highest BCUT2D eigenvalue weighted by atomic mass is 16.5. The summed E-state index contributed by atoms with van der Waals surface area (Å²) in [6.45, 7) is 7.13. The molecule has 7 heteroatoms. The lowest BCUT2D eigenvalue weighted by atomic mass is 10.1. The molecule has 156 valence electrons. The van der Waals surface area contributed by atoms with Gasteiger partial charge in [-0.1, -0.05) is 24.3 Å². The Morgan fingerprint density at radius 1 is 0.967 bits per heavy atom. The summed E-state index contributed by atoms with van der Waals surface area (Å²) in [5.74, 6) is -1.67. The van der Waals surface area contributed by atoms with Crippen LogP contribution in [0.1, 0.15) is 64.3 Å². The van der Waals surface area contributed by atoms with Crippen LogP contribution in [0.4, 0.5) is 0 Å². The molecule has 0 aliphatic carbocycles. The van der Waals surface area contributed by atoms with Crippen molar-refractivity contribution in [3.05, 3.63) is 70.8 Å². The lowest BCUT2D eigenvalue weighted by molar-refractivity contribution is -0.130. The van der Waals surface area contributed by atoms with Gasteiger partial charge in [-0.05, 0) is 57.5 Å². The highest BCUT2D eigenvalue weighted by Gasteiger charge is 2.35. The number of nitrogens with zero attached hydrogens (tertiary/aromatic N) is 1. The van der Waals surface area contributed by atoms with Gasteiger partial charge in [-0.3, -0.25) is 19.3 Å². The van der Waals surface area contributed by atoms with E-state index in [1.165, 1.54) is 11.8 Å². The molecular weight excluding hydrogens is 384 g/mol. The van der Waals surface area contributed by atoms with Crippen LogP contribution in [0.3, 0.4) is 0 Å². The zero-order chi connectivity index (χ0) is 22.1. The number of rotatable bonds is 5. The minimum atomic E-state index is -0.935. The summed E-state index contributed by atoms with van der Waals surface area (Å²) in [6, 6.07) is 13.1. The highest BCUT2D eigenvalue weighted by Crippen LogP contribution is 2.24.